The fraction of sp³-hybridized carbons (Fsp3) is 0.227. The molecule has 2 N–H and O–H groups in total. The lowest BCUT2D eigenvalue weighted by molar-refractivity contribution is -0.118. The summed E-state index contributed by atoms with van der Waals surface area (Å²) in [5, 5.41) is 4.75. The van der Waals surface area contributed by atoms with E-state index in [9.17, 15) is 4.79 Å². The molecule has 6 nitrogen and oxygen atoms in total. The van der Waals surface area contributed by atoms with Crippen molar-refractivity contribution in [3.05, 3.63) is 70.1 Å². The van der Waals surface area contributed by atoms with Gasteiger partial charge in [0.2, 0.25) is 5.91 Å². The number of aliphatic imine (C=N–C) groups is 1. The summed E-state index contributed by atoms with van der Waals surface area (Å²) in [5.41, 5.74) is 10.4. The quantitative estimate of drug-likeness (QED) is 0.673. The second-order valence-corrected chi connectivity index (χ2v) is 7.25. The molecule has 0 aliphatic carbocycles. The molecule has 29 heavy (non-hydrogen) atoms. The molecule has 2 aromatic carbocycles. The summed E-state index contributed by atoms with van der Waals surface area (Å²) in [7, 11) is 0. The number of primary amides is 1. The smallest absolute Gasteiger partial charge is 0.220 e. The van der Waals surface area contributed by atoms with Crippen LogP contribution < -0.4 is 10.5 Å². The summed E-state index contributed by atoms with van der Waals surface area (Å²) in [4.78, 5) is 16.6. The maximum absolute atomic E-state index is 11.7. The topological polar surface area (TPSA) is 90.7 Å². The number of hydrogen-bond donors (Lipinski definition) is 1. The summed E-state index contributed by atoms with van der Waals surface area (Å²) in [6.45, 7) is 4.36. The van der Waals surface area contributed by atoms with Crippen LogP contribution in [0.25, 0.3) is 11.1 Å². The van der Waals surface area contributed by atoms with Gasteiger partial charge in [0.1, 0.15) is 11.8 Å². The Morgan fingerprint density at radius 3 is 2.66 bits per heavy atom. The first kappa shape index (κ1) is 19.2. The van der Waals surface area contributed by atoms with E-state index in [4.69, 9.17) is 31.6 Å². The number of nitrogens with two attached hydrogens (primary N) is 1. The predicted octanol–water partition coefficient (Wildman–Crippen LogP) is 4.47. The van der Waals surface area contributed by atoms with Crippen LogP contribution in [-0.2, 0) is 4.79 Å². The van der Waals surface area contributed by atoms with Crippen molar-refractivity contribution in [3.63, 3.8) is 0 Å². The molecule has 148 valence electrons. The predicted molar refractivity (Wildman–Crippen MR) is 111 cm³/mol. The minimum absolute atomic E-state index is 0.0189. The Morgan fingerprint density at radius 2 is 1.97 bits per heavy atom. The molecule has 3 aromatic rings. The molecule has 0 spiro atoms. The molecule has 2 heterocycles. The Morgan fingerprint density at radius 1 is 1.21 bits per heavy atom. The molecular weight excluding hydrogens is 390 g/mol. The first-order chi connectivity index (χ1) is 14.0. The minimum Gasteiger partial charge on any atom is -0.494 e. The first-order valence-electron chi connectivity index (χ1n) is 9.33. The Labute approximate surface area is 173 Å². The molecule has 1 aromatic heterocycles. The average molecular weight is 410 g/mol. The number of fused-ring (bicyclic) bond motifs is 3. The van der Waals surface area contributed by atoms with Crippen LogP contribution in [0, 0.1) is 6.92 Å². The number of carbonyl (C=O) groups is 1. The molecule has 1 aliphatic rings. The number of ether oxygens (including phenoxy) is 1. The fourth-order valence-corrected chi connectivity index (χ4v) is 3.71. The van der Waals surface area contributed by atoms with E-state index in [1.807, 2.05) is 56.3 Å². The van der Waals surface area contributed by atoms with E-state index >= 15 is 0 Å². The van der Waals surface area contributed by atoms with E-state index in [2.05, 4.69) is 5.16 Å². The van der Waals surface area contributed by atoms with Crippen LogP contribution in [0.2, 0.25) is 5.02 Å². The fourth-order valence-electron chi connectivity index (χ4n) is 3.59. The van der Waals surface area contributed by atoms with Crippen molar-refractivity contribution >= 4 is 23.2 Å². The van der Waals surface area contributed by atoms with Gasteiger partial charge >= 0.3 is 0 Å². The van der Waals surface area contributed by atoms with E-state index in [0.717, 1.165) is 39.4 Å². The van der Waals surface area contributed by atoms with E-state index in [1.165, 1.54) is 0 Å². The molecule has 0 bridgehead atoms. The van der Waals surface area contributed by atoms with Crippen LogP contribution in [-0.4, -0.2) is 23.4 Å². The lowest BCUT2D eigenvalue weighted by Crippen LogP contribution is -2.15. The number of halogens is 1. The molecule has 4 rings (SSSR count). The van der Waals surface area contributed by atoms with Gasteiger partial charge in [-0.15, -0.1) is 0 Å². The highest BCUT2D eigenvalue weighted by atomic mass is 35.5. The van der Waals surface area contributed by atoms with Crippen molar-refractivity contribution in [3.8, 4) is 16.9 Å². The first-order valence-corrected chi connectivity index (χ1v) is 9.71. The van der Waals surface area contributed by atoms with Crippen molar-refractivity contribution in [1.29, 1.82) is 0 Å². The minimum atomic E-state index is -0.572. The summed E-state index contributed by atoms with van der Waals surface area (Å²) in [6.07, 6.45) is 0.0189. The van der Waals surface area contributed by atoms with E-state index < -0.39 is 11.9 Å². The van der Waals surface area contributed by atoms with E-state index in [0.29, 0.717) is 17.4 Å². The van der Waals surface area contributed by atoms with Gasteiger partial charge in [-0.1, -0.05) is 28.9 Å². The summed E-state index contributed by atoms with van der Waals surface area (Å²) in [6, 6.07) is 12.7. The Hall–Kier alpha value is -3.12. The van der Waals surface area contributed by atoms with Crippen LogP contribution in [0.15, 0.2) is 52.0 Å². The number of benzene rings is 2. The molecule has 0 fully saturated rings. The van der Waals surface area contributed by atoms with Gasteiger partial charge in [-0.3, -0.25) is 9.79 Å². The maximum atomic E-state index is 11.7. The highest BCUT2D eigenvalue weighted by Crippen LogP contribution is 2.41. The molecule has 1 unspecified atom stereocenters. The summed E-state index contributed by atoms with van der Waals surface area (Å²) >= 11 is 6.08. The van der Waals surface area contributed by atoms with Gasteiger partial charge in [0.05, 0.1) is 30.0 Å². The van der Waals surface area contributed by atoms with Crippen LogP contribution >= 0.6 is 11.6 Å². The van der Waals surface area contributed by atoms with Crippen molar-refractivity contribution < 1.29 is 14.1 Å². The molecule has 7 heteroatoms. The van der Waals surface area contributed by atoms with Gasteiger partial charge in [-0.25, -0.2) is 0 Å². The van der Waals surface area contributed by atoms with Crippen LogP contribution in [0.5, 0.6) is 5.75 Å². The van der Waals surface area contributed by atoms with E-state index in [-0.39, 0.29) is 6.42 Å². The monoisotopic (exact) mass is 409 g/mol. The largest absolute Gasteiger partial charge is 0.494 e. The maximum Gasteiger partial charge on any atom is 0.220 e. The van der Waals surface area contributed by atoms with Crippen molar-refractivity contribution in [2.75, 3.05) is 6.61 Å². The van der Waals surface area contributed by atoms with Gasteiger partial charge in [-0.2, -0.15) is 0 Å². The molecule has 0 radical (unpaired) electrons. The van der Waals surface area contributed by atoms with Crippen LogP contribution in [0.1, 0.15) is 42.0 Å². The second kappa shape index (κ2) is 7.72. The Kier molecular flexibility index (Phi) is 5.11. The second-order valence-electron chi connectivity index (χ2n) is 6.82. The number of rotatable bonds is 5. The SMILES string of the molecule is CCOc1ccc2c(c1)C(c1ccc(Cl)cc1)=NC(CC(N)=O)c1onc(C)c1-2. The Balaban J connectivity index is 2.00. The number of carbonyl (C=O) groups excluding carboxylic acids is 1. The molecule has 1 atom stereocenters. The third kappa shape index (κ3) is 3.63. The van der Waals surface area contributed by atoms with Crippen molar-refractivity contribution in [2.45, 2.75) is 26.3 Å². The van der Waals surface area contributed by atoms with Crippen molar-refractivity contribution in [1.82, 2.24) is 5.16 Å². The number of amides is 1. The molecule has 0 saturated carbocycles. The number of aromatic nitrogens is 1. The van der Waals surface area contributed by atoms with Crippen LogP contribution in [0.3, 0.4) is 0 Å². The number of hydrogen-bond acceptors (Lipinski definition) is 5. The highest BCUT2D eigenvalue weighted by molar-refractivity contribution is 6.30. The molecule has 1 amide bonds. The molecule has 1 aliphatic heterocycles. The summed E-state index contributed by atoms with van der Waals surface area (Å²) < 4.78 is 11.3. The lowest BCUT2D eigenvalue weighted by atomic mass is 9.92. The van der Waals surface area contributed by atoms with Gasteiger partial charge in [0.25, 0.3) is 0 Å². The number of aryl methyl sites for hydroxylation is 1. The average Bonchev–Trinajstić information content (AvgIpc) is 3.01. The zero-order valence-electron chi connectivity index (χ0n) is 16.1. The van der Waals surface area contributed by atoms with Crippen LogP contribution in [0.4, 0.5) is 0 Å². The Bertz CT molecular complexity index is 1100. The van der Waals surface area contributed by atoms with Crippen molar-refractivity contribution in [2.24, 2.45) is 10.7 Å². The summed E-state index contributed by atoms with van der Waals surface area (Å²) in [5.74, 6) is 0.808. The van der Waals surface area contributed by atoms with Gasteiger partial charge in [-0.05, 0) is 49.7 Å². The third-order valence-corrected chi connectivity index (χ3v) is 5.07. The zero-order valence-corrected chi connectivity index (χ0v) is 16.9. The van der Waals surface area contributed by atoms with Gasteiger partial charge in [0.15, 0.2) is 5.76 Å². The third-order valence-electron chi connectivity index (χ3n) is 4.82. The van der Waals surface area contributed by atoms with Gasteiger partial charge in [0, 0.05) is 16.1 Å². The normalized spacial score (nSPS) is 15.1. The molecule has 0 saturated heterocycles. The van der Waals surface area contributed by atoms with Gasteiger partial charge < -0.3 is 15.0 Å². The standard InChI is InChI=1S/C22H20ClN3O3/c1-3-28-15-8-9-16-17(10-15)21(13-4-6-14(23)7-5-13)25-18(11-19(24)27)22-20(16)12(2)26-29-22/h4-10,18H,3,11H2,1-2H3,(H2,24,27). The number of nitrogens with zero attached hydrogens (tertiary/aromatic N) is 2. The molecular formula is C22H20ClN3O3. The lowest BCUT2D eigenvalue weighted by Gasteiger charge is -2.13. The zero-order chi connectivity index (χ0) is 20.5. The highest BCUT2D eigenvalue weighted by Gasteiger charge is 2.31. The van der Waals surface area contributed by atoms with E-state index in [1.54, 1.807) is 0 Å².